The summed E-state index contributed by atoms with van der Waals surface area (Å²) in [6.07, 6.45) is 7.09. The molecule has 0 bridgehead atoms. The van der Waals surface area contributed by atoms with E-state index in [-0.39, 0.29) is 210 Å². The average molecular weight is 1590 g/mol. The molecule has 11 aromatic rings. The fraction of sp³-hybridized carbons (Fsp3) is 0.234. The standard InChI is InChI=1S/C94H86N6O18/c1-51(2)45-71(85(101)97-61-29-37-95-38-30-61)99-87(103)67-47-73(115-63-21-13-57(14-22-63)33-41-111-91(107)53(5)6)79-81-75(117-65-25-17-59(18-26-65)35-43-113-93(109)55(9)10)49-69-78-70(90(106)100(89(69)105)72(46-52(3)4)86(102)98-62-31-39-96-40-32-62)50-76(118-66-27-19-60(20-28-66)36-44-114-94(110)56(11)12)82(84(78)81)80-74(48-68(88(99)104)77(67)83(79)80)116-64-23-15-58(16-24-64)34-42-112-92(108)54(7)8/h13-32,37-40,47-52,71-72H,5,7,9,11,33-36,41-46H2,1-4,6,8,10,12H3,(H,95,97,101)(H,96,98,102). The van der Waals surface area contributed by atoms with E-state index in [2.05, 4.69) is 46.9 Å². The third kappa shape index (κ3) is 17.7. The second-order valence-electron chi connectivity index (χ2n) is 30.0. The van der Waals surface area contributed by atoms with E-state index in [0.29, 0.717) is 11.4 Å². The lowest BCUT2D eigenvalue weighted by Crippen LogP contribution is -2.52. The number of aromatic nitrogens is 2. The largest absolute Gasteiger partial charge is 0.462 e. The van der Waals surface area contributed by atoms with Crippen LogP contribution in [0.3, 0.4) is 0 Å². The molecule has 0 spiro atoms. The van der Waals surface area contributed by atoms with E-state index in [1.165, 1.54) is 49.1 Å². The van der Waals surface area contributed by atoms with Gasteiger partial charge < -0.3 is 48.5 Å². The summed E-state index contributed by atoms with van der Waals surface area (Å²) in [5.74, 6) is -7.17. The van der Waals surface area contributed by atoms with Crippen molar-refractivity contribution in [2.24, 2.45) is 11.8 Å². The van der Waals surface area contributed by atoms with Crippen molar-refractivity contribution >= 4 is 114 Å². The minimum absolute atomic E-state index is 0.00986. The Labute approximate surface area is 680 Å². The zero-order valence-electron chi connectivity index (χ0n) is 66.5. The van der Waals surface area contributed by atoms with Crippen molar-refractivity contribution in [3.63, 3.8) is 0 Å². The number of nitrogens with zero attached hydrogens (tertiary/aromatic N) is 4. The van der Waals surface area contributed by atoms with Crippen LogP contribution in [-0.2, 0) is 73.4 Å². The average Bonchev–Trinajstić information content (AvgIpc) is 0.670. The lowest BCUT2D eigenvalue weighted by molar-refractivity contribution is -0.139. The van der Waals surface area contributed by atoms with Crippen LogP contribution in [0, 0.1) is 11.8 Å². The molecule has 24 nitrogen and oxygen atoms in total. The fourth-order valence-electron chi connectivity index (χ4n) is 14.3. The molecule has 2 aliphatic rings. The highest BCUT2D eigenvalue weighted by Crippen LogP contribution is 2.58. The van der Waals surface area contributed by atoms with Gasteiger partial charge in [-0.1, -0.05) is 103 Å². The Morgan fingerprint density at radius 3 is 0.780 bits per heavy atom. The topological polar surface area (TPSA) is 301 Å². The number of pyridine rings is 2. The summed E-state index contributed by atoms with van der Waals surface area (Å²) < 4.78 is 51.0. The van der Waals surface area contributed by atoms with Gasteiger partial charge in [0.25, 0.3) is 23.6 Å². The minimum Gasteiger partial charge on any atom is -0.462 e. The first-order chi connectivity index (χ1) is 56.6. The first-order valence-electron chi connectivity index (χ1n) is 38.5. The van der Waals surface area contributed by atoms with E-state index in [1.807, 2.05) is 27.7 Å². The van der Waals surface area contributed by atoms with Crippen molar-refractivity contribution in [2.45, 2.75) is 106 Å². The number of hydrogen-bond donors (Lipinski definition) is 2. The number of carbonyl (C=O) groups excluding carboxylic acids is 10. The Balaban J connectivity index is 1.15. The van der Waals surface area contributed by atoms with E-state index in [4.69, 9.17) is 37.9 Å². The molecule has 0 saturated heterocycles. The van der Waals surface area contributed by atoms with Gasteiger partial charge in [-0.3, -0.25) is 48.5 Å². The maximum Gasteiger partial charge on any atom is 0.333 e. The monoisotopic (exact) mass is 1590 g/mol. The van der Waals surface area contributed by atoms with E-state index < -0.39 is 71.4 Å². The van der Waals surface area contributed by atoms with Crippen molar-refractivity contribution in [3.05, 3.63) is 263 Å². The minimum atomic E-state index is -1.45. The molecular formula is C94H86N6O18. The molecule has 2 unspecified atom stereocenters. The zero-order chi connectivity index (χ0) is 83.9. The predicted octanol–water partition coefficient (Wildman–Crippen LogP) is 17.6. The van der Waals surface area contributed by atoms with E-state index in [0.717, 1.165) is 32.1 Å². The number of hydrogen-bond acceptors (Lipinski definition) is 20. The number of benzene rings is 9. The van der Waals surface area contributed by atoms with Gasteiger partial charge in [-0.25, -0.2) is 19.2 Å². The molecule has 0 saturated carbocycles. The predicted molar refractivity (Wildman–Crippen MR) is 445 cm³/mol. The summed E-state index contributed by atoms with van der Waals surface area (Å²) >= 11 is 0. The molecule has 24 heteroatoms. The van der Waals surface area contributed by atoms with Crippen molar-refractivity contribution < 1.29 is 85.8 Å². The first kappa shape index (κ1) is 81.8. The number of rotatable bonds is 34. The lowest BCUT2D eigenvalue weighted by atomic mass is 9.80. The molecule has 6 amide bonds. The zero-order valence-corrected chi connectivity index (χ0v) is 66.5. The molecule has 0 aliphatic carbocycles. The second-order valence-corrected chi connectivity index (χ2v) is 30.0. The Kier molecular flexibility index (Phi) is 24.5. The van der Waals surface area contributed by atoms with Gasteiger partial charge in [0.15, 0.2) is 0 Å². The number of amides is 6. The van der Waals surface area contributed by atoms with E-state index in [9.17, 15) is 19.2 Å². The van der Waals surface area contributed by atoms with Crippen LogP contribution >= 0.6 is 0 Å². The number of nitrogens with one attached hydrogen (secondary N) is 2. The van der Waals surface area contributed by atoms with Crippen LogP contribution in [0.1, 0.15) is 132 Å². The van der Waals surface area contributed by atoms with Crippen LogP contribution in [0.25, 0.3) is 43.1 Å². The maximum absolute atomic E-state index is 16.5. The summed E-state index contributed by atoms with van der Waals surface area (Å²) in [6, 6.07) is 36.9. The third-order valence-electron chi connectivity index (χ3n) is 20.0. The Morgan fingerprint density at radius 1 is 0.339 bits per heavy atom. The molecule has 2 aliphatic heterocycles. The van der Waals surface area contributed by atoms with Crippen LogP contribution < -0.4 is 29.6 Å². The van der Waals surface area contributed by atoms with Gasteiger partial charge in [0.2, 0.25) is 11.8 Å². The summed E-state index contributed by atoms with van der Waals surface area (Å²) in [7, 11) is 0. The fourth-order valence-corrected chi connectivity index (χ4v) is 14.3. The number of ether oxygens (including phenoxy) is 8. The van der Waals surface area contributed by atoms with Crippen molar-refractivity contribution in [3.8, 4) is 46.0 Å². The van der Waals surface area contributed by atoms with Crippen LogP contribution in [0.4, 0.5) is 11.4 Å². The normalized spacial score (nSPS) is 12.9. The summed E-state index contributed by atoms with van der Waals surface area (Å²) in [4.78, 5) is 157. The number of imide groups is 2. The van der Waals surface area contributed by atoms with E-state index in [1.54, 1.807) is 149 Å². The highest BCUT2D eigenvalue weighted by Gasteiger charge is 2.47. The molecule has 2 atom stereocenters. The molecule has 9 aromatic carbocycles. The highest BCUT2D eigenvalue weighted by atomic mass is 16.5. The Hall–Kier alpha value is -14.2. The quantitative estimate of drug-likeness (QED) is 0.00945. The van der Waals surface area contributed by atoms with Crippen molar-refractivity contribution in [1.82, 2.24) is 19.8 Å². The number of carbonyl (C=O) groups is 10. The smallest absolute Gasteiger partial charge is 0.333 e. The number of fused-ring (bicyclic) bond motifs is 2. The molecule has 13 rings (SSSR count). The SMILES string of the molecule is C=C(C)C(=O)OCCc1ccc(Oc2cc3c4c(cc(Oc5ccc(CCOC(=O)C(=C)C)cc5)c5c6c(Oc7ccc(CCOC(=O)C(=C)C)cc7)cc7c8c(cc(Oc9ccc(CCOC(=O)C(=C)C)cc9)c(c2c45)c86)C(=O)N(C(CC(C)C)C(=O)Nc2ccncc2)C7=O)C(=O)N(C(CC(C)C)C(=O)Nc2ccncc2)C3=O)cc1. The van der Waals surface area contributed by atoms with Crippen LogP contribution in [0.15, 0.2) is 219 Å². The lowest BCUT2D eigenvalue weighted by Gasteiger charge is -2.36. The van der Waals surface area contributed by atoms with Crippen LogP contribution in [-0.4, -0.2) is 118 Å². The van der Waals surface area contributed by atoms with Gasteiger partial charge in [-0.2, -0.15) is 0 Å². The summed E-state index contributed by atoms with van der Waals surface area (Å²) in [5, 5.41) is 6.78. The molecule has 0 radical (unpaired) electrons. The molecule has 2 N–H and O–H groups in total. The second kappa shape index (κ2) is 35.3. The summed E-state index contributed by atoms with van der Waals surface area (Å²) in [5.41, 5.74) is 4.11. The molecular weight excluding hydrogens is 1500 g/mol. The van der Waals surface area contributed by atoms with Gasteiger partial charge in [-0.05, 0) is 172 Å². The van der Waals surface area contributed by atoms with Gasteiger partial charge in [-0.15, -0.1) is 0 Å². The highest BCUT2D eigenvalue weighted by molar-refractivity contribution is 6.45. The Morgan fingerprint density at radius 2 is 0.568 bits per heavy atom. The van der Waals surface area contributed by atoms with Gasteiger partial charge >= 0.3 is 23.9 Å². The molecule has 600 valence electrons. The molecule has 4 heterocycles. The third-order valence-corrected chi connectivity index (χ3v) is 20.0. The maximum atomic E-state index is 16.5. The van der Waals surface area contributed by atoms with Crippen LogP contribution in [0.5, 0.6) is 46.0 Å². The van der Waals surface area contributed by atoms with Gasteiger partial charge in [0, 0.05) is 127 Å². The Bertz CT molecular complexity index is 5240. The first-order valence-corrected chi connectivity index (χ1v) is 38.5. The van der Waals surface area contributed by atoms with Crippen LogP contribution in [0.2, 0.25) is 0 Å². The molecule has 2 aromatic heterocycles. The van der Waals surface area contributed by atoms with E-state index >= 15 is 28.8 Å². The molecule has 118 heavy (non-hydrogen) atoms. The van der Waals surface area contributed by atoms with Gasteiger partial charge in [0.1, 0.15) is 58.1 Å². The van der Waals surface area contributed by atoms with Crippen molar-refractivity contribution in [2.75, 3.05) is 37.1 Å². The number of anilines is 2. The molecule has 0 fully saturated rings. The van der Waals surface area contributed by atoms with Crippen molar-refractivity contribution in [1.29, 1.82) is 0 Å². The summed E-state index contributed by atoms with van der Waals surface area (Å²) in [6.45, 7) is 28.5. The van der Waals surface area contributed by atoms with Gasteiger partial charge in [0.05, 0.1) is 48.7 Å². The number of esters is 4.